The molecule has 16 nitrogen and oxygen atoms in total. The van der Waals surface area contributed by atoms with Crippen LogP contribution in [0.1, 0.15) is 12.8 Å². The molecule has 0 atom stereocenters. The molecule has 0 spiro atoms. The van der Waals surface area contributed by atoms with Crippen molar-refractivity contribution in [3.8, 4) is 46.0 Å². The number of para-hydroxylation sites is 9. The number of ether oxygens (including phenoxy) is 5. The molecule has 382 valence electrons. The van der Waals surface area contributed by atoms with Crippen LogP contribution in [0.25, 0.3) is 0 Å². The quantitative estimate of drug-likeness (QED) is 0.0315. The van der Waals surface area contributed by atoms with E-state index in [2.05, 4.69) is 0 Å². The topological polar surface area (TPSA) is 201 Å². The first-order valence-corrected chi connectivity index (χ1v) is 23.9. The molecule has 5 aromatic rings. The van der Waals surface area contributed by atoms with Gasteiger partial charge in [-0.1, -0.05) is 66.7 Å². The van der Waals surface area contributed by atoms with Crippen molar-refractivity contribution in [3.63, 3.8) is 0 Å². The van der Waals surface area contributed by atoms with Crippen LogP contribution in [-0.4, -0.2) is 78.6 Å². The zero-order valence-corrected chi connectivity index (χ0v) is 42.3. The first-order valence-electron chi connectivity index (χ1n) is 18.6. The van der Waals surface area contributed by atoms with Crippen LogP contribution in [-0.2, 0) is 69.7 Å². The number of nitrogens with zero attached hydrogens (tertiary/aromatic N) is 1. The molecule has 0 aromatic heterocycles. The summed E-state index contributed by atoms with van der Waals surface area (Å²) in [5, 5.41) is 0. The van der Waals surface area contributed by atoms with E-state index < -0.39 is 48.3 Å². The van der Waals surface area contributed by atoms with Crippen molar-refractivity contribution in [1.82, 2.24) is 0 Å². The number of hydrogen-bond acceptors (Lipinski definition) is 16. The monoisotopic (exact) mass is 1230 g/mol. The van der Waals surface area contributed by atoms with Crippen LogP contribution < -0.4 is 41.5 Å². The molecule has 1 heterocycles. The zero-order valence-electron chi connectivity index (χ0n) is 35.7. The summed E-state index contributed by atoms with van der Waals surface area (Å²) in [5.41, 5.74) is -10.5. The third-order valence-corrected chi connectivity index (χ3v) is 12.9. The number of hydrogen-bond donors (Lipinski definition) is 0. The number of benzene rings is 5. The van der Waals surface area contributed by atoms with Gasteiger partial charge in [-0.15, -0.1) is 0 Å². The van der Waals surface area contributed by atoms with Gasteiger partial charge in [-0.2, -0.15) is 26.3 Å². The number of anilines is 1. The summed E-state index contributed by atoms with van der Waals surface area (Å²) < 4.78 is 174. The van der Waals surface area contributed by atoms with Crippen molar-refractivity contribution < 1.29 is 139 Å². The van der Waals surface area contributed by atoms with E-state index >= 15 is 0 Å². The number of rotatable bonds is 15. The standard InChI is InChI=1S/C34H33NO8P2.C4H8O.2CHF3O3S.2Ag/c1-36-27-18-8-12-22-31(27)40-44(41-32-23-13-9-19-28(32)37-2)35(26-16-6-5-7-17-26)45(42-33-24-14-10-20-29(33)38-3)43-34-25-15-11-21-30(34)39-4;1-2-4-5-3-1;2*2-1(3,4)8(5,6)7;;/h5-25H,1-4H3;1-4H2;2*(H,5,6,7);;/q;;;;2*+1. The number of alkyl halides is 6. The molecular formula is C40H43Ag2F6NO15P2S2+2. The minimum absolute atomic E-state index is 0. The normalized spacial score (nSPS) is 12.1. The summed E-state index contributed by atoms with van der Waals surface area (Å²) in [6, 6.07) is 39.3. The molecule has 68 heavy (non-hydrogen) atoms. The van der Waals surface area contributed by atoms with Crippen LogP contribution in [0, 0.1) is 0 Å². The van der Waals surface area contributed by atoms with Crippen LogP contribution in [0.15, 0.2) is 127 Å². The van der Waals surface area contributed by atoms with Gasteiger partial charge in [-0.25, -0.2) is 16.8 Å². The Morgan fingerprint density at radius 1 is 0.456 bits per heavy atom. The van der Waals surface area contributed by atoms with Gasteiger partial charge in [0, 0.05) is 17.7 Å². The summed E-state index contributed by atoms with van der Waals surface area (Å²) in [6.45, 7) is 2.00. The van der Waals surface area contributed by atoms with Crippen molar-refractivity contribution in [1.29, 1.82) is 0 Å². The van der Waals surface area contributed by atoms with Gasteiger partial charge in [0.15, 0.2) is 43.2 Å². The van der Waals surface area contributed by atoms with Gasteiger partial charge >= 0.3 is 72.8 Å². The van der Waals surface area contributed by atoms with E-state index in [1.165, 1.54) is 12.8 Å². The van der Waals surface area contributed by atoms with Gasteiger partial charge in [-0.05, 0) is 73.5 Å². The van der Waals surface area contributed by atoms with Crippen LogP contribution in [0.4, 0.5) is 32.0 Å². The molecule has 6 rings (SSSR count). The van der Waals surface area contributed by atoms with Crippen molar-refractivity contribution in [2.24, 2.45) is 0 Å². The average Bonchev–Trinajstić information content (AvgIpc) is 3.88. The van der Waals surface area contributed by atoms with Crippen LogP contribution >= 0.6 is 17.1 Å². The fourth-order valence-electron chi connectivity index (χ4n) is 4.79. The summed E-state index contributed by atoms with van der Waals surface area (Å²) in [6.07, 6.45) is 2.56. The zero-order chi connectivity index (χ0) is 49.0. The van der Waals surface area contributed by atoms with Crippen molar-refractivity contribution in [2.75, 3.05) is 46.1 Å². The fourth-order valence-corrected chi connectivity index (χ4v) is 8.53. The summed E-state index contributed by atoms with van der Waals surface area (Å²) in [5.74, 6) is 4.12. The van der Waals surface area contributed by atoms with E-state index in [4.69, 9.17) is 67.7 Å². The second-order valence-corrected chi connectivity index (χ2v) is 18.3. The molecule has 1 saturated heterocycles. The molecule has 1 aliphatic heterocycles. The molecule has 0 aliphatic carbocycles. The molecule has 0 N–H and O–H groups in total. The number of methoxy groups -OCH3 is 4. The average molecular weight is 1230 g/mol. The molecular weight excluding hydrogens is 1190 g/mol. The summed E-state index contributed by atoms with van der Waals surface area (Å²) >= 11 is 0. The van der Waals surface area contributed by atoms with Crippen LogP contribution in [0.5, 0.6) is 46.0 Å². The molecule has 0 radical (unpaired) electrons. The maximum absolute atomic E-state index is 10.7. The molecule has 1 aliphatic rings. The third kappa shape index (κ3) is 20.2. The van der Waals surface area contributed by atoms with Crippen molar-refractivity contribution in [3.05, 3.63) is 127 Å². The molecule has 5 aromatic carbocycles. The van der Waals surface area contributed by atoms with Crippen LogP contribution in [0.2, 0.25) is 0 Å². The van der Waals surface area contributed by atoms with E-state index in [0.29, 0.717) is 46.0 Å². The molecule has 0 unspecified atom stereocenters. The maximum Gasteiger partial charge on any atom is 1.00 e. The Bertz CT molecular complexity index is 2220. The summed E-state index contributed by atoms with van der Waals surface area (Å²) in [7, 11) is -11.0. The second kappa shape index (κ2) is 29.9. The smallest absolute Gasteiger partial charge is 0.741 e. The molecule has 0 saturated carbocycles. The van der Waals surface area contributed by atoms with Gasteiger partial charge in [0.05, 0.1) is 28.4 Å². The van der Waals surface area contributed by atoms with E-state index in [-0.39, 0.29) is 44.8 Å². The predicted octanol–water partition coefficient (Wildman–Crippen LogP) is 9.66. The van der Waals surface area contributed by atoms with Crippen molar-refractivity contribution in [2.45, 2.75) is 23.9 Å². The van der Waals surface area contributed by atoms with Gasteiger partial charge in [0.1, 0.15) is 5.69 Å². The fraction of sp³-hybridized carbons (Fsp3) is 0.250. The minimum atomic E-state index is -6.09. The molecule has 28 heteroatoms. The largest absolute Gasteiger partial charge is 1.00 e. The van der Waals surface area contributed by atoms with Gasteiger partial charge < -0.3 is 32.8 Å². The Balaban J connectivity index is 0.000000831. The Kier molecular flexibility index (Phi) is 27.3. The predicted molar refractivity (Wildman–Crippen MR) is 232 cm³/mol. The third-order valence-electron chi connectivity index (χ3n) is 7.84. The SMILES string of the molecule is C1CCOC1.COc1ccccc1O[PH+](Oc1ccccc1OC)N(c1ccccc1)[PH+](Oc1ccccc1OC)Oc1ccccc1OC.O=S(=O)([O-])C(F)(F)F.O=S(=O)([O-])C(F)(F)F.[Ag+].[Ag+]. The maximum atomic E-state index is 10.7. The Labute approximate surface area is 422 Å². The van der Waals surface area contributed by atoms with Gasteiger partial charge in [-0.3, -0.25) is 18.1 Å². The minimum Gasteiger partial charge on any atom is -0.741 e. The van der Waals surface area contributed by atoms with E-state index in [1.54, 1.807) is 28.4 Å². The Hall–Kier alpha value is -4.00. The Morgan fingerprint density at radius 2 is 0.676 bits per heavy atom. The first-order chi connectivity index (χ1) is 31.1. The first kappa shape index (κ1) is 62.0. The number of halogens is 6. The Morgan fingerprint density at radius 3 is 0.868 bits per heavy atom. The molecule has 1 fully saturated rings. The van der Waals surface area contributed by atoms with E-state index in [1.807, 2.05) is 132 Å². The molecule has 0 amide bonds. The van der Waals surface area contributed by atoms with Gasteiger partial charge in [0.2, 0.25) is 23.0 Å². The van der Waals surface area contributed by atoms with Crippen molar-refractivity contribution >= 4 is 43.0 Å². The summed E-state index contributed by atoms with van der Waals surface area (Å²) in [4.78, 5) is 0. The van der Waals surface area contributed by atoms with E-state index in [0.717, 1.165) is 18.9 Å². The molecule has 0 bridgehead atoms. The van der Waals surface area contributed by atoms with E-state index in [9.17, 15) is 26.3 Å². The second-order valence-electron chi connectivity index (χ2n) is 12.3. The van der Waals surface area contributed by atoms with Gasteiger partial charge in [0.25, 0.3) is 0 Å². The van der Waals surface area contributed by atoms with Crippen LogP contribution in [0.3, 0.4) is 0 Å².